The van der Waals surface area contributed by atoms with Gasteiger partial charge in [0.25, 0.3) is 0 Å². The fraction of sp³-hybridized carbons (Fsp3) is 0.133. The van der Waals surface area contributed by atoms with Crippen molar-refractivity contribution in [2.75, 3.05) is 7.11 Å². The molecule has 0 saturated heterocycles. The number of carboxylic acid groups (broad SMARTS) is 1. The van der Waals surface area contributed by atoms with Crippen molar-refractivity contribution < 1.29 is 19.4 Å². The van der Waals surface area contributed by atoms with E-state index in [1.54, 1.807) is 24.3 Å². The maximum absolute atomic E-state index is 11.0. The van der Waals surface area contributed by atoms with E-state index in [0.717, 1.165) is 5.56 Å². The molecule has 0 atom stereocenters. The van der Waals surface area contributed by atoms with Gasteiger partial charge in [0, 0.05) is 11.1 Å². The van der Waals surface area contributed by atoms with E-state index >= 15 is 0 Å². The largest absolute Gasteiger partial charge is 0.496 e. The average Bonchev–Trinajstić information content (AvgIpc) is 2.46. The predicted octanol–water partition coefficient (Wildman–Crippen LogP) is 3.63. The molecule has 0 unspecified atom stereocenters. The summed E-state index contributed by atoms with van der Waals surface area (Å²) in [4.78, 5) is 11.0. The summed E-state index contributed by atoms with van der Waals surface area (Å²) < 4.78 is 10.6. The minimum Gasteiger partial charge on any atom is -0.496 e. The minimum atomic E-state index is -1.04. The molecule has 0 saturated carbocycles. The Labute approximate surface area is 121 Å². The lowest BCUT2D eigenvalue weighted by molar-refractivity contribution is 0.0693. The Morgan fingerprint density at radius 1 is 1.20 bits per heavy atom. The first kappa shape index (κ1) is 14.2. The van der Waals surface area contributed by atoms with Gasteiger partial charge in [0.1, 0.15) is 23.7 Å². The van der Waals surface area contributed by atoms with Crippen LogP contribution < -0.4 is 9.47 Å². The van der Waals surface area contributed by atoms with Crippen LogP contribution in [-0.2, 0) is 6.61 Å². The van der Waals surface area contributed by atoms with Gasteiger partial charge in [0.05, 0.1) is 7.11 Å². The fourth-order valence-corrected chi connectivity index (χ4v) is 1.81. The monoisotopic (exact) mass is 292 g/mol. The molecule has 2 aromatic carbocycles. The molecule has 0 fully saturated rings. The van der Waals surface area contributed by atoms with Crippen LogP contribution in [0.1, 0.15) is 15.9 Å². The number of carbonyl (C=O) groups is 1. The van der Waals surface area contributed by atoms with Crippen molar-refractivity contribution in [2.45, 2.75) is 6.61 Å². The zero-order chi connectivity index (χ0) is 14.5. The first-order valence-electron chi connectivity index (χ1n) is 5.88. The minimum absolute atomic E-state index is 0.103. The standard InChI is InChI=1S/C15H13ClO4/c1-19-14-8-12(6-7-13(14)15(17)18)20-9-10-2-4-11(16)5-3-10/h2-8H,9H2,1H3,(H,17,18). The van der Waals surface area contributed by atoms with Crippen molar-refractivity contribution in [3.63, 3.8) is 0 Å². The normalized spacial score (nSPS) is 10.1. The summed E-state index contributed by atoms with van der Waals surface area (Å²) in [5.41, 5.74) is 1.07. The first-order chi connectivity index (χ1) is 9.60. The van der Waals surface area contributed by atoms with Crippen molar-refractivity contribution in [1.82, 2.24) is 0 Å². The van der Waals surface area contributed by atoms with Crippen molar-refractivity contribution in [2.24, 2.45) is 0 Å². The highest BCUT2D eigenvalue weighted by Crippen LogP contribution is 2.25. The topological polar surface area (TPSA) is 55.8 Å². The molecule has 0 amide bonds. The van der Waals surface area contributed by atoms with E-state index in [-0.39, 0.29) is 11.3 Å². The van der Waals surface area contributed by atoms with Crippen LogP contribution in [0.2, 0.25) is 5.02 Å². The zero-order valence-corrected chi connectivity index (χ0v) is 11.6. The molecule has 5 heteroatoms. The van der Waals surface area contributed by atoms with E-state index < -0.39 is 5.97 Å². The molecule has 104 valence electrons. The van der Waals surface area contributed by atoms with Gasteiger partial charge in [-0.05, 0) is 29.8 Å². The van der Waals surface area contributed by atoms with E-state index in [4.69, 9.17) is 26.2 Å². The summed E-state index contributed by atoms with van der Waals surface area (Å²) >= 11 is 5.80. The summed E-state index contributed by atoms with van der Waals surface area (Å²) in [5, 5.41) is 9.66. The third kappa shape index (κ3) is 3.42. The Balaban J connectivity index is 2.10. The lowest BCUT2D eigenvalue weighted by atomic mass is 10.2. The van der Waals surface area contributed by atoms with E-state index in [9.17, 15) is 4.79 Å². The van der Waals surface area contributed by atoms with Crippen LogP contribution >= 0.6 is 11.6 Å². The van der Waals surface area contributed by atoms with Gasteiger partial charge in [-0.3, -0.25) is 0 Å². The Morgan fingerprint density at radius 3 is 2.50 bits per heavy atom. The zero-order valence-electron chi connectivity index (χ0n) is 10.8. The van der Waals surface area contributed by atoms with Gasteiger partial charge >= 0.3 is 5.97 Å². The van der Waals surface area contributed by atoms with Gasteiger partial charge in [-0.25, -0.2) is 4.79 Å². The van der Waals surface area contributed by atoms with Gasteiger partial charge in [-0.15, -0.1) is 0 Å². The van der Waals surface area contributed by atoms with Crippen LogP contribution in [-0.4, -0.2) is 18.2 Å². The van der Waals surface area contributed by atoms with Crippen LogP contribution in [0.4, 0.5) is 0 Å². The van der Waals surface area contributed by atoms with Gasteiger partial charge < -0.3 is 14.6 Å². The number of benzene rings is 2. The second-order valence-electron chi connectivity index (χ2n) is 4.08. The number of hydrogen-bond acceptors (Lipinski definition) is 3. The maximum Gasteiger partial charge on any atom is 0.339 e. The van der Waals surface area contributed by atoms with Crippen LogP contribution in [0, 0.1) is 0 Å². The van der Waals surface area contributed by atoms with E-state index in [1.165, 1.54) is 13.2 Å². The number of carboxylic acids is 1. The third-order valence-corrected chi connectivity index (χ3v) is 2.97. The number of methoxy groups -OCH3 is 1. The number of hydrogen-bond donors (Lipinski definition) is 1. The molecular formula is C15H13ClO4. The smallest absolute Gasteiger partial charge is 0.339 e. The highest BCUT2D eigenvalue weighted by Gasteiger charge is 2.11. The highest BCUT2D eigenvalue weighted by atomic mass is 35.5. The van der Waals surface area contributed by atoms with Crippen LogP contribution in [0.3, 0.4) is 0 Å². The molecule has 2 aromatic rings. The number of ether oxygens (including phenoxy) is 2. The molecule has 0 heterocycles. The summed E-state index contributed by atoms with van der Waals surface area (Å²) in [6.45, 7) is 0.368. The van der Waals surface area contributed by atoms with Gasteiger partial charge in [-0.1, -0.05) is 23.7 Å². The molecule has 2 rings (SSSR count). The Bertz CT molecular complexity index is 608. The van der Waals surface area contributed by atoms with Gasteiger partial charge in [0.2, 0.25) is 0 Å². The molecule has 0 aliphatic heterocycles. The van der Waals surface area contributed by atoms with E-state index in [2.05, 4.69) is 0 Å². The van der Waals surface area contributed by atoms with Crippen LogP contribution in [0.5, 0.6) is 11.5 Å². The van der Waals surface area contributed by atoms with Crippen molar-refractivity contribution >= 4 is 17.6 Å². The third-order valence-electron chi connectivity index (χ3n) is 2.72. The van der Waals surface area contributed by atoms with Crippen molar-refractivity contribution in [1.29, 1.82) is 0 Å². The molecule has 0 radical (unpaired) electrons. The SMILES string of the molecule is COc1cc(OCc2ccc(Cl)cc2)ccc1C(=O)O. The Kier molecular flexibility index (Phi) is 4.48. The van der Waals surface area contributed by atoms with E-state index in [1.807, 2.05) is 12.1 Å². The summed E-state index contributed by atoms with van der Waals surface area (Å²) in [7, 11) is 1.42. The second-order valence-corrected chi connectivity index (χ2v) is 4.52. The lowest BCUT2D eigenvalue weighted by Gasteiger charge is -2.10. The van der Waals surface area contributed by atoms with Crippen LogP contribution in [0.25, 0.3) is 0 Å². The van der Waals surface area contributed by atoms with Crippen LogP contribution in [0.15, 0.2) is 42.5 Å². The maximum atomic E-state index is 11.0. The highest BCUT2D eigenvalue weighted by molar-refractivity contribution is 6.30. The molecule has 0 aliphatic carbocycles. The van der Waals surface area contributed by atoms with Gasteiger partial charge in [-0.2, -0.15) is 0 Å². The quantitative estimate of drug-likeness (QED) is 0.914. The van der Waals surface area contributed by atoms with Gasteiger partial charge in [0.15, 0.2) is 0 Å². The molecule has 1 N–H and O–H groups in total. The number of halogens is 1. The molecule has 0 bridgehead atoms. The Hall–Kier alpha value is -2.20. The molecule has 0 spiro atoms. The molecule has 4 nitrogen and oxygen atoms in total. The molecular weight excluding hydrogens is 280 g/mol. The average molecular weight is 293 g/mol. The summed E-state index contributed by atoms with van der Waals surface area (Å²) in [6.07, 6.45) is 0. The fourth-order valence-electron chi connectivity index (χ4n) is 1.69. The van der Waals surface area contributed by atoms with E-state index in [0.29, 0.717) is 17.4 Å². The number of rotatable bonds is 5. The summed E-state index contributed by atoms with van der Waals surface area (Å²) in [6, 6.07) is 11.9. The molecule has 0 aliphatic rings. The molecule has 0 aromatic heterocycles. The first-order valence-corrected chi connectivity index (χ1v) is 6.26. The van der Waals surface area contributed by atoms with Crippen molar-refractivity contribution in [3.8, 4) is 11.5 Å². The Morgan fingerprint density at radius 2 is 1.90 bits per heavy atom. The lowest BCUT2D eigenvalue weighted by Crippen LogP contribution is -2.01. The predicted molar refractivity (Wildman–Crippen MR) is 75.7 cm³/mol. The number of aromatic carboxylic acids is 1. The van der Waals surface area contributed by atoms with Crippen molar-refractivity contribution in [3.05, 3.63) is 58.6 Å². The molecule has 20 heavy (non-hydrogen) atoms. The summed E-state index contributed by atoms with van der Waals surface area (Å²) in [5.74, 6) is -0.223. The second kappa shape index (κ2) is 6.30.